The van der Waals surface area contributed by atoms with Gasteiger partial charge < -0.3 is 10.3 Å². The highest BCUT2D eigenvalue weighted by Crippen LogP contribution is 2.34. The van der Waals surface area contributed by atoms with Crippen molar-refractivity contribution in [3.8, 4) is 10.7 Å². The molecule has 1 aliphatic heterocycles. The number of aryl methyl sites for hydroxylation is 1. The van der Waals surface area contributed by atoms with Gasteiger partial charge in [0.05, 0.1) is 5.69 Å². The molecule has 26 heavy (non-hydrogen) atoms. The summed E-state index contributed by atoms with van der Waals surface area (Å²) in [6, 6.07) is 10.8. The molecule has 0 radical (unpaired) electrons. The van der Waals surface area contributed by atoms with Gasteiger partial charge in [0.1, 0.15) is 16.7 Å². The number of thiazole rings is 1. The number of carbonyl (C=O) groups is 2. The van der Waals surface area contributed by atoms with Gasteiger partial charge in [-0.05, 0) is 30.7 Å². The van der Waals surface area contributed by atoms with Crippen molar-refractivity contribution >= 4 is 28.8 Å². The molecule has 0 saturated heterocycles. The van der Waals surface area contributed by atoms with Crippen molar-refractivity contribution in [2.75, 3.05) is 4.90 Å². The summed E-state index contributed by atoms with van der Waals surface area (Å²) in [6.45, 7) is 2.02. The summed E-state index contributed by atoms with van der Waals surface area (Å²) in [5, 5.41) is 2.51. The number of para-hydroxylation sites is 1. The van der Waals surface area contributed by atoms with Crippen LogP contribution in [0.5, 0.6) is 0 Å². The number of rotatable bonds is 3. The van der Waals surface area contributed by atoms with E-state index in [0.717, 1.165) is 27.6 Å². The second-order valence-electron chi connectivity index (χ2n) is 6.38. The van der Waals surface area contributed by atoms with E-state index in [2.05, 4.69) is 4.98 Å². The second kappa shape index (κ2) is 6.10. The summed E-state index contributed by atoms with van der Waals surface area (Å²) in [5.41, 5.74) is 9.62. The molecular weight excluding hydrogens is 348 g/mol. The van der Waals surface area contributed by atoms with Crippen molar-refractivity contribution in [2.24, 2.45) is 12.8 Å². The maximum absolute atomic E-state index is 13.1. The van der Waals surface area contributed by atoms with Crippen LogP contribution in [-0.4, -0.2) is 27.4 Å². The number of benzene rings is 1. The van der Waals surface area contributed by atoms with E-state index >= 15 is 0 Å². The zero-order valence-electron chi connectivity index (χ0n) is 14.5. The Kier molecular flexibility index (Phi) is 3.88. The van der Waals surface area contributed by atoms with E-state index in [4.69, 9.17) is 5.73 Å². The quantitative estimate of drug-likeness (QED) is 0.773. The van der Waals surface area contributed by atoms with Crippen molar-refractivity contribution < 1.29 is 9.59 Å². The van der Waals surface area contributed by atoms with E-state index in [0.29, 0.717) is 12.1 Å². The van der Waals surface area contributed by atoms with E-state index in [1.165, 1.54) is 16.2 Å². The minimum atomic E-state index is -0.678. The van der Waals surface area contributed by atoms with Crippen LogP contribution < -0.4 is 10.6 Å². The summed E-state index contributed by atoms with van der Waals surface area (Å²) in [7, 11) is 1.97. The molecule has 3 heterocycles. The van der Waals surface area contributed by atoms with Crippen LogP contribution in [-0.2, 0) is 18.3 Å². The lowest BCUT2D eigenvalue weighted by Gasteiger charge is -2.22. The van der Waals surface area contributed by atoms with E-state index in [9.17, 15) is 9.59 Å². The first-order valence-corrected chi connectivity index (χ1v) is 9.14. The minimum Gasteiger partial charge on any atom is -0.368 e. The fourth-order valence-corrected chi connectivity index (χ4v) is 4.16. The number of fused-ring (bicyclic) bond motifs is 1. The molecule has 6 nitrogen and oxygen atoms in total. The number of hydrogen-bond acceptors (Lipinski definition) is 4. The van der Waals surface area contributed by atoms with Gasteiger partial charge in [-0.1, -0.05) is 18.2 Å². The third kappa shape index (κ3) is 2.52. The SMILES string of the molecule is Cc1ccc(-c2nc(C(=O)N3c4ccccc4C[C@H]3C(N)=O)cs2)n1C. The predicted molar refractivity (Wildman–Crippen MR) is 101 cm³/mol. The van der Waals surface area contributed by atoms with Crippen LogP contribution in [0.15, 0.2) is 41.8 Å². The van der Waals surface area contributed by atoms with Gasteiger partial charge in [0.25, 0.3) is 5.91 Å². The van der Waals surface area contributed by atoms with E-state index in [-0.39, 0.29) is 5.91 Å². The molecule has 0 spiro atoms. The van der Waals surface area contributed by atoms with Crippen LogP contribution in [0.25, 0.3) is 10.7 Å². The van der Waals surface area contributed by atoms with E-state index < -0.39 is 11.9 Å². The summed E-state index contributed by atoms with van der Waals surface area (Å²) in [6.07, 6.45) is 0.436. The molecule has 3 aromatic rings. The third-order valence-electron chi connectivity index (χ3n) is 4.84. The lowest BCUT2D eigenvalue weighted by atomic mass is 10.1. The molecule has 0 saturated carbocycles. The highest BCUT2D eigenvalue weighted by Gasteiger charge is 2.38. The Morgan fingerprint density at radius 2 is 2.00 bits per heavy atom. The molecule has 0 bridgehead atoms. The molecular formula is C19H18N4O2S. The molecule has 0 unspecified atom stereocenters. The van der Waals surface area contributed by atoms with Crippen molar-refractivity contribution in [2.45, 2.75) is 19.4 Å². The fraction of sp³-hybridized carbons (Fsp3) is 0.211. The molecule has 132 valence electrons. The number of carbonyl (C=O) groups excluding carboxylic acids is 2. The van der Waals surface area contributed by atoms with Gasteiger partial charge in [0.15, 0.2) is 0 Å². The lowest BCUT2D eigenvalue weighted by Crippen LogP contribution is -2.46. The molecule has 1 aromatic carbocycles. The van der Waals surface area contributed by atoms with Crippen LogP contribution in [0.2, 0.25) is 0 Å². The zero-order valence-corrected chi connectivity index (χ0v) is 15.3. The van der Waals surface area contributed by atoms with Gasteiger partial charge >= 0.3 is 0 Å². The molecule has 1 atom stereocenters. The van der Waals surface area contributed by atoms with Gasteiger partial charge in [-0.3, -0.25) is 14.5 Å². The summed E-state index contributed by atoms with van der Waals surface area (Å²) in [4.78, 5) is 31.0. The average molecular weight is 366 g/mol. The normalized spacial score (nSPS) is 15.9. The van der Waals surface area contributed by atoms with Gasteiger partial charge in [0, 0.05) is 30.2 Å². The number of anilines is 1. The Morgan fingerprint density at radius 3 is 2.69 bits per heavy atom. The molecule has 0 aliphatic carbocycles. The number of hydrogen-bond donors (Lipinski definition) is 1. The maximum Gasteiger partial charge on any atom is 0.278 e. The smallest absolute Gasteiger partial charge is 0.278 e. The van der Waals surface area contributed by atoms with Crippen molar-refractivity contribution in [3.63, 3.8) is 0 Å². The summed E-state index contributed by atoms with van der Waals surface area (Å²) in [5.74, 6) is -0.810. The number of primary amides is 1. The highest BCUT2D eigenvalue weighted by atomic mass is 32.1. The topological polar surface area (TPSA) is 81.2 Å². The maximum atomic E-state index is 13.1. The average Bonchev–Trinajstić information content (AvgIpc) is 3.32. The second-order valence-corrected chi connectivity index (χ2v) is 7.24. The molecule has 7 heteroatoms. The van der Waals surface area contributed by atoms with Gasteiger partial charge in [-0.2, -0.15) is 0 Å². The molecule has 2 aromatic heterocycles. The van der Waals surface area contributed by atoms with Crippen molar-refractivity contribution in [1.29, 1.82) is 0 Å². The third-order valence-corrected chi connectivity index (χ3v) is 5.70. The lowest BCUT2D eigenvalue weighted by molar-refractivity contribution is -0.119. The monoisotopic (exact) mass is 366 g/mol. The van der Waals surface area contributed by atoms with Gasteiger partial charge in [0.2, 0.25) is 5.91 Å². The largest absolute Gasteiger partial charge is 0.368 e. The minimum absolute atomic E-state index is 0.299. The molecule has 4 rings (SSSR count). The Bertz CT molecular complexity index is 1020. The Morgan fingerprint density at radius 1 is 1.23 bits per heavy atom. The fourth-order valence-electron chi connectivity index (χ4n) is 3.31. The first kappa shape index (κ1) is 16.5. The number of aromatic nitrogens is 2. The highest BCUT2D eigenvalue weighted by molar-refractivity contribution is 7.13. The van der Waals surface area contributed by atoms with Crippen LogP contribution >= 0.6 is 11.3 Å². The van der Waals surface area contributed by atoms with Crippen LogP contribution in [0.1, 0.15) is 21.7 Å². The predicted octanol–water partition coefficient (Wildman–Crippen LogP) is 2.51. The van der Waals surface area contributed by atoms with Gasteiger partial charge in [-0.15, -0.1) is 11.3 Å². The molecule has 2 amide bonds. The van der Waals surface area contributed by atoms with Gasteiger partial charge in [-0.25, -0.2) is 4.98 Å². The Labute approximate surface area is 154 Å². The summed E-state index contributed by atoms with van der Waals surface area (Å²) < 4.78 is 2.03. The Balaban J connectivity index is 1.71. The standard InChI is InChI=1S/C19H18N4O2S/c1-11-7-8-15(22(11)2)18-21-13(10-26-18)19(25)23-14-6-4-3-5-12(14)9-16(23)17(20)24/h3-8,10,16H,9H2,1-2H3,(H2,20,24)/t16-/m0/s1. The molecule has 0 fully saturated rings. The molecule has 2 N–H and O–H groups in total. The first-order chi connectivity index (χ1) is 12.5. The van der Waals surface area contributed by atoms with Crippen molar-refractivity contribution in [1.82, 2.24) is 9.55 Å². The Hall–Kier alpha value is -2.93. The summed E-state index contributed by atoms with van der Waals surface area (Å²) >= 11 is 1.41. The van der Waals surface area contributed by atoms with Crippen LogP contribution in [0.4, 0.5) is 5.69 Å². The van der Waals surface area contributed by atoms with E-state index in [1.54, 1.807) is 5.38 Å². The zero-order chi connectivity index (χ0) is 18.4. The first-order valence-electron chi connectivity index (χ1n) is 8.26. The number of nitrogens with two attached hydrogens (primary N) is 1. The van der Waals surface area contributed by atoms with E-state index in [1.807, 2.05) is 54.9 Å². The molecule has 1 aliphatic rings. The van der Waals surface area contributed by atoms with Crippen LogP contribution in [0.3, 0.4) is 0 Å². The number of nitrogens with zero attached hydrogens (tertiary/aromatic N) is 3. The van der Waals surface area contributed by atoms with Crippen LogP contribution in [0, 0.1) is 6.92 Å². The number of amides is 2. The van der Waals surface area contributed by atoms with Crippen molar-refractivity contribution in [3.05, 3.63) is 58.7 Å².